The molecule has 96 valence electrons. The summed E-state index contributed by atoms with van der Waals surface area (Å²) in [7, 11) is 0. The van der Waals surface area contributed by atoms with Crippen molar-refractivity contribution in [3.63, 3.8) is 0 Å². The van der Waals surface area contributed by atoms with E-state index in [1.807, 2.05) is 0 Å². The predicted octanol–water partition coefficient (Wildman–Crippen LogP) is 1.97. The second-order valence-electron chi connectivity index (χ2n) is 6.48. The van der Waals surface area contributed by atoms with Crippen LogP contribution < -0.4 is 11.1 Å². The fourth-order valence-electron chi connectivity index (χ4n) is 4.97. The number of piperidine rings is 1. The van der Waals surface area contributed by atoms with E-state index in [1.165, 1.54) is 38.6 Å². The molecule has 2 bridgehead atoms. The van der Waals surface area contributed by atoms with Crippen molar-refractivity contribution >= 4 is 0 Å². The molecule has 0 amide bonds. The van der Waals surface area contributed by atoms with E-state index in [2.05, 4.69) is 29.6 Å². The summed E-state index contributed by atoms with van der Waals surface area (Å²) < 4.78 is 0. The van der Waals surface area contributed by atoms with Gasteiger partial charge in [0.15, 0.2) is 0 Å². The first-order valence-corrected chi connectivity index (χ1v) is 7.37. The van der Waals surface area contributed by atoms with Crippen LogP contribution in [0.15, 0.2) is 24.3 Å². The highest BCUT2D eigenvalue weighted by Gasteiger charge is 2.52. The Morgan fingerprint density at radius 3 is 3.06 bits per heavy atom. The molecular weight excluding hydrogens is 220 g/mol. The normalized spacial score (nSPS) is 41.9. The van der Waals surface area contributed by atoms with E-state index in [9.17, 15) is 0 Å². The largest absolute Gasteiger partial charge is 0.328 e. The third kappa shape index (κ3) is 1.36. The van der Waals surface area contributed by atoms with E-state index in [-0.39, 0.29) is 0 Å². The van der Waals surface area contributed by atoms with Crippen molar-refractivity contribution in [2.75, 3.05) is 6.54 Å². The molecule has 1 aromatic rings. The van der Waals surface area contributed by atoms with Crippen LogP contribution in [0, 0.1) is 5.92 Å². The highest BCUT2D eigenvalue weighted by atomic mass is 15.0. The number of fused-ring (bicyclic) bond motifs is 1. The van der Waals surface area contributed by atoms with E-state index < -0.39 is 0 Å². The van der Waals surface area contributed by atoms with Crippen molar-refractivity contribution in [2.24, 2.45) is 11.7 Å². The van der Waals surface area contributed by atoms with E-state index >= 15 is 0 Å². The Morgan fingerprint density at radius 2 is 2.11 bits per heavy atom. The predicted molar refractivity (Wildman–Crippen MR) is 73.5 cm³/mol. The number of nitrogens with one attached hydrogen (secondary N) is 1. The van der Waals surface area contributed by atoms with Gasteiger partial charge in [0.05, 0.1) is 0 Å². The van der Waals surface area contributed by atoms with Crippen molar-refractivity contribution in [1.29, 1.82) is 0 Å². The zero-order chi connectivity index (χ0) is 12.2. The molecule has 3 aliphatic rings. The lowest BCUT2D eigenvalue weighted by molar-refractivity contribution is 0.0705. The fraction of sp³-hybridized carbons (Fsp3) is 0.625. The Hall–Kier alpha value is -0.860. The Labute approximate surface area is 109 Å². The minimum absolute atomic E-state index is 0.391. The SMILES string of the molecule is N[C@@H]1CC[C@H]2[C@H]3Cc4ccccc4[C@@]2(CCN3)C1. The molecule has 2 aliphatic carbocycles. The second-order valence-corrected chi connectivity index (χ2v) is 6.48. The maximum atomic E-state index is 6.31. The maximum Gasteiger partial charge on any atom is 0.0144 e. The monoisotopic (exact) mass is 242 g/mol. The van der Waals surface area contributed by atoms with Crippen molar-refractivity contribution in [1.82, 2.24) is 5.32 Å². The molecule has 4 atom stereocenters. The molecule has 2 heteroatoms. The molecule has 0 spiro atoms. The van der Waals surface area contributed by atoms with Gasteiger partial charge in [-0.15, -0.1) is 0 Å². The second kappa shape index (κ2) is 3.82. The molecule has 1 heterocycles. The molecule has 0 aromatic heterocycles. The zero-order valence-corrected chi connectivity index (χ0v) is 10.9. The Bertz CT molecular complexity index is 470. The molecule has 0 unspecified atom stereocenters. The molecule has 1 saturated heterocycles. The zero-order valence-electron chi connectivity index (χ0n) is 10.9. The van der Waals surface area contributed by atoms with Crippen LogP contribution >= 0.6 is 0 Å². The summed E-state index contributed by atoms with van der Waals surface area (Å²) in [5.74, 6) is 0.820. The quantitative estimate of drug-likeness (QED) is 0.730. The highest BCUT2D eigenvalue weighted by Crippen LogP contribution is 2.53. The van der Waals surface area contributed by atoms with E-state index in [4.69, 9.17) is 5.73 Å². The summed E-state index contributed by atoms with van der Waals surface area (Å²) in [6.45, 7) is 1.17. The van der Waals surface area contributed by atoms with Gasteiger partial charge in [-0.25, -0.2) is 0 Å². The first-order valence-electron chi connectivity index (χ1n) is 7.37. The van der Waals surface area contributed by atoms with Crippen LogP contribution in [0.4, 0.5) is 0 Å². The molecule has 3 N–H and O–H groups in total. The third-order valence-electron chi connectivity index (χ3n) is 5.64. The molecule has 1 saturated carbocycles. The van der Waals surface area contributed by atoms with Crippen molar-refractivity contribution in [3.05, 3.63) is 35.4 Å². The first-order chi connectivity index (χ1) is 8.79. The van der Waals surface area contributed by atoms with Crippen LogP contribution in [0.3, 0.4) is 0 Å². The minimum atomic E-state index is 0.391. The molecule has 1 aromatic carbocycles. The molecule has 0 radical (unpaired) electrons. The summed E-state index contributed by atoms with van der Waals surface area (Å²) >= 11 is 0. The summed E-state index contributed by atoms with van der Waals surface area (Å²) in [5.41, 5.74) is 9.90. The number of benzene rings is 1. The van der Waals surface area contributed by atoms with E-state index in [0.717, 1.165) is 5.92 Å². The van der Waals surface area contributed by atoms with Crippen LogP contribution in [0.2, 0.25) is 0 Å². The maximum absolute atomic E-state index is 6.31. The number of hydrogen-bond donors (Lipinski definition) is 2. The number of hydrogen-bond acceptors (Lipinski definition) is 2. The lowest BCUT2D eigenvalue weighted by Crippen LogP contribution is -2.61. The Morgan fingerprint density at radius 1 is 1.22 bits per heavy atom. The molecule has 1 aliphatic heterocycles. The topological polar surface area (TPSA) is 38.0 Å². The van der Waals surface area contributed by atoms with Crippen LogP contribution in [0.25, 0.3) is 0 Å². The van der Waals surface area contributed by atoms with Crippen molar-refractivity contribution in [2.45, 2.75) is 49.6 Å². The smallest absolute Gasteiger partial charge is 0.0144 e. The molecular formula is C16H22N2. The molecule has 4 rings (SSSR count). The third-order valence-corrected chi connectivity index (χ3v) is 5.64. The molecule has 2 nitrogen and oxygen atoms in total. The van der Waals surface area contributed by atoms with Crippen LogP contribution in [-0.2, 0) is 11.8 Å². The summed E-state index contributed by atoms with van der Waals surface area (Å²) in [6.07, 6.45) is 6.23. The highest BCUT2D eigenvalue weighted by molar-refractivity contribution is 5.41. The van der Waals surface area contributed by atoms with Crippen LogP contribution in [0.1, 0.15) is 36.8 Å². The van der Waals surface area contributed by atoms with Crippen LogP contribution in [0.5, 0.6) is 0 Å². The number of rotatable bonds is 0. The summed E-state index contributed by atoms with van der Waals surface area (Å²) in [4.78, 5) is 0. The van der Waals surface area contributed by atoms with E-state index in [0.29, 0.717) is 17.5 Å². The van der Waals surface area contributed by atoms with Crippen molar-refractivity contribution in [3.8, 4) is 0 Å². The van der Waals surface area contributed by atoms with Crippen molar-refractivity contribution < 1.29 is 0 Å². The average molecular weight is 242 g/mol. The van der Waals surface area contributed by atoms with Gasteiger partial charge >= 0.3 is 0 Å². The Kier molecular flexibility index (Phi) is 2.33. The fourth-order valence-corrected chi connectivity index (χ4v) is 4.97. The lowest BCUT2D eigenvalue weighted by Gasteiger charge is -2.57. The van der Waals surface area contributed by atoms with Gasteiger partial charge in [-0.1, -0.05) is 24.3 Å². The summed E-state index contributed by atoms with van der Waals surface area (Å²) in [6, 6.07) is 10.2. The van der Waals surface area contributed by atoms with Gasteiger partial charge in [-0.05, 0) is 55.7 Å². The minimum Gasteiger partial charge on any atom is -0.328 e. The van der Waals surface area contributed by atoms with Gasteiger partial charge < -0.3 is 11.1 Å². The first kappa shape index (κ1) is 11.0. The lowest BCUT2D eigenvalue weighted by atomic mass is 9.52. The summed E-state index contributed by atoms with van der Waals surface area (Å²) in [5, 5.41) is 3.76. The van der Waals surface area contributed by atoms with Gasteiger partial charge in [-0.3, -0.25) is 0 Å². The van der Waals surface area contributed by atoms with Gasteiger partial charge in [0.1, 0.15) is 0 Å². The van der Waals surface area contributed by atoms with E-state index in [1.54, 1.807) is 11.1 Å². The molecule has 2 fully saturated rings. The van der Waals surface area contributed by atoms with Gasteiger partial charge in [0, 0.05) is 17.5 Å². The standard InChI is InChI=1S/C16H22N2/c17-12-5-6-14-15-9-11-3-1-2-4-13(11)16(14,10-12)7-8-18-15/h1-4,12,14-15,18H,5-10,17H2/t12-,14+,15-,16-/m1/s1. The number of nitrogens with two attached hydrogens (primary N) is 1. The van der Waals surface area contributed by atoms with Crippen LogP contribution in [-0.4, -0.2) is 18.6 Å². The van der Waals surface area contributed by atoms with Gasteiger partial charge in [0.2, 0.25) is 0 Å². The van der Waals surface area contributed by atoms with Gasteiger partial charge in [0.25, 0.3) is 0 Å². The molecule has 18 heavy (non-hydrogen) atoms. The average Bonchev–Trinajstić information content (AvgIpc) is 2.38. The van der Waals surface area contributed by atoms with Gasteiger partial charge in [-0.2, -0.15) is 0 Å². The Balaban J connectivity index is 1.89.